The zero-order chi connectivity index (χ0) is 17.1. The molecular weight excluding hydrogens is 302 g/mol. The van der Waals surface area contributed by atoms with E-state index in [1.165, 1.54) is 11.1 Å². The highest BCUT2D eigenvalue weighted by molar-refractivity contribution is 5.93. The highest BCUT2D eigenvalue weighted by Gasteiger charge is 2.22. The molecule has 0 bridgehead atoms. The number of amides is 1. The highest BCUT2D eigenvalue weighted by atomic mass is 16.2. The van der Waals surface area contributed by atoms with E-state index in [0.29, 0.717) is 12.2 Å². The van der Waals surface area contributed by atoms with E-state index in [1.54, 1.807) is 4.68 Å². The van der Waals surface area contributed by atoms with Crippen LogP contribution in [0.4, 0.5) is 0 Å². The predicted molar refractivity (Wildman–Crippen MR) is 93.4 cm³/mol. The average molecular weight is 327 g/mol. The minimum Gasteiger partial charge on any atom is -0.351 e. The molecule has 6 nitrogen and oxygen atoms in total. The summed E-state index contributed by atoms with van der Waals surface area (Å²) in [5.74, 6) is -0.150. The number of hydrogen-bond acceptors (Lipinski definition) is 4. The number of nitrogens with one attached hydrogen (secondary N) is 1. The van der Waals surface area contributed by atoms with Crippen molar-refractivity contribution in [3.8, 4) is 5.69 Å². The lowest BCUT2D eigenvalue weighted by Crippen LogP contribution is -2.31. The molecule has 0 fully saturated rings. The van der Waals surface area contributed by atoms with Crippen LogP contribution in [0.2, 0.25) is 0 Å². The maximum absolute atomic E-state index is 12.2. The normalized spacial score (nSPS) is 14.5. The van der Waals surface area contributed by atoms with Gasteiger partial charge in [-0.15, -0.1) is 5.10 Å². The van der Waals surface area contributed by atoms with Crippen LogP contribution in [0.5, 0.6) is 0 Å². The standard InChI is InChI=1S/C18H25N5O/c1-4-10-19-18(24)17-13(3)23(21-20-17)16-8-6-7-14-12-22(5-2)11-9-15(14)16/h6-8H,4-5,9-12H2,1-3H3,(H,19,24). The average Bonchev–Trinajstić information content (AvgIpc) is 3.00. The summed E-state index contributed by atoms with van der Waals surface area (Å²) in [7, 11) is 0. The summed E-state index contributed by atoms with van der Waals surface area (Å²) in [5.41, 5.74) is 4.90. The second kappa shape index (κ2) is 7.13. The van der Waals surface area contributed by atoms with Gasteiger partial charge in [0.1, 0.15) is 0 Å². The molecule has 3 rings (SSSR count). The molecule has 1 N–H and O–H groups in total. The van der Waals surface area contributed by atoms with E-state index >= 15 is 0 Å². The molecule has 0 unspecified atom stereocenters. The van der Waals surface area contributed by atoms with Crippen molar-refractivity contribution in [3.63, 3.8) is 0 Å². The van der Waals surface area contributed by atoms with Gasteiger partial charge in [0, 0.05) is 19.6 Å². The summed E-state index contributed by atoms with van der Waals surface area (Å²) in [6.45, 7) is 9.86. The zero-order valence-electron chi connectivity index (χ0n) is 14.7. The summed E-state index contributed by atoms with van der Waals surface area (Å²) in [5, 5.41) is 11.2. The van der Waals surface area contributed by atoms with Crippen molar-refractivity contribution < 1.29 is 4.79 Å². The number of rotatable bonds is 5. The molecule has 1 aromatic carbocycles. The van der Waals surface area contributed by atoms with Crippen molar-refractivity contribution in [1.29, 1.82) is 0 Å². The maximum Gasteiger partial charge on any atom is 0.273 e. The molecular formula is C18H25N5O. The fourth-order valence-corrected chi connectivity index (χ4v) is 3.21. The molecule has 128 valence electrons. The topological polar surface area (TPSA) is 63.1 Å². The van der Waals surface area contributed by atoms with Gasteiger partial charge in [-0.05, 0) is 43.5 Å². The summed E-state index contributed by atoms with van der Waals surface area (Å²) >= 11 is 0. The Morgan fingerprint density at radius 2 is 2.17 bits per heavy atom. The smallest absolute Gasteiger partial charge is 0.273 e. The third-order valence-electron chi connectivity index (χ3n) is 4.64. The molecule has 1 aliphatic heterocycles. The second-order valence-corrected chi connectivity index (χ2v) is 6.22. The lowest BCUT2D eigenvalue weighted by Gasteiger charge is -2.29. The number of hydrogen-bond donors (Lipinski definition) is 1. The molecule has 1 amide bonds. The first-order valence-corrected chi connectivity index (χ1v) is 8.69. The number of fused-ring (bicyclic) bond motifs is 1. The Hall–Kier alpha value is -2.21. The SMILES string of the molecule is CCCNC(=O)c1nnn(-c2cccc3c2CCN(CC)C3)c1C. The maximum atomic E-state index is 12.2. The molecule has 2 aromatic rings. The predicted octanol–water partition coefficient (Wildman–Crippen LogP) is 2.09. The van der Waals surface area contributed by atoms with Gasteiger partial charge < -0.3 is 5.32 Å². The second-order valence-electron chi connectivity index (χ2n) is 6.22. The van der Waals surface area contributed by atoms with Crippen LogP contribution in [-0.4, -0.2) is 45.4 Å². The van der Waals surface area contributed by atoms with Crippen LogP contribution in [0.1, 0.15) is 47.6 Å². The van der Waals surface area contributed by atoms with Crippen molar-refractivity contribution in [2.45, 2.75) is 40.2 Å². The number of carbonyl (C=O) groups excluding carboxylic acids is 1. The van der Waals surface area contributed by atoms with Gasteiger partial charge in [0.2, 0.25) is 0 Å². The monoisotopic (exact) mass is 327 g/mol. The molecule has 0 radical (unpaired) electrons. The van der Waals surface area contributed by atoms with Crippen molar-refractivity contribution in [3.05, 3.63) is 40.7 Å². The Labute approximate surface area is 142 Å². The van der Waals surface area contributed by atoms with Crippen LogP contribution in [0.15, 0.2) is 18.2 Å². The highest BCUT2D eigenvalue weighted by Crippen LogP contribution is 2.26. The van der Waals surface area contributed by atoms with Crippen LogP contribution in [0.3, 0.4) is 0 Å². The first kappa shape index (κ1) is 16.6. The fraction of sp³-hybridized carbons (Fsp3) is 0.500. The third kappa shape index (κ3) is 3.06. The van der Waals surface area contributed by atoms with Crippen molar-refractivity contribution in [2.24, 2.45) is 0 Å². The fourth-order valence-electron chi connectivity index (χ4n) is 3.21. The minimum absolute atomic E-state index is 0.150. The van der Waals surface area contributed by atoms with Gasteiger partial charge in [-0.25, -0.2) is 4.68 Å². The van der Waals surface area contributed by atoms with E-state index in [9.17, 15) is 4.79 Å². The van der Waals surface area contributed by atoms with Crippen LogP contribution in [0, 0.1) is 6.92 Å². The van der Waals surface area contributed by atoms with Gasteiger partial charge in [-0.1, -0.05) is 31.2 Å². The number of carbonyl (C=O) groups is 1. The summed E-state index contributed by atoms with van der Waals surface area (Å²) in [6, 6.07) is 6.31. The molecule has 0 atom stereocenters. The van der Waals surface area contributed by atoms with Gasteiger partial charge in [-0.2, -0.15) is 0 Å². The number of benzene rings is 1. The lowest BCUT2D eigenvalue weighted by atomic mass is 9.97. The van der Waals surface area contributed by atoms with Gasteiger partial charge in [0.05, 0.1) is 11.4 Å². The van der Waals surface area contributed by atoms with Gasteiger partial charge in [-0.3, -0.25) is 9.69 Å². The molecule has 0 saturated heterocycles. The van der Waals surface area contributed by atoms with E-state index in [-0.39, 0.29) is 5.91 Å². The minimum atomic E-state index is -0.150. The van der Waals surface area contributed by atoms with E-state index in [4.69, 9.17) is 0 Å². The zero-order valence-corrected chi connectivity index (χ0v) is 14.7. The van der Waals surface area contributed by atoms with Crippen LogP contribution in [0.25, 0.3) is 5.69 Å². The van der Waals surface area contributed by atoms with E-state index in [0.717, 1.165) is 43.9 Å². The van der Waals surface area contributed by atoms with E-state index in [2.05, 4.69) is 45.7 Å². The van der Waals surface area contributed by atoms with Crippen LogP contribution in [-0.2, 0) is 13.0 Å². The Balaban J connectivity index is 1.94. The van der Waals surface area contributed by atoms with Gasteiger partial charge in [0.15, 0.2) is 5.69 Å². The number of likely N-dealkylation sites (N-methyl/N-ethyl adjacent to an activating group) is 1. The first-order valence-electron chi connectivity index (χ1n) is 8.69. The Morgan fingerprint density at radius 3 is 2.92 bits per heavy atom. The Bertz CT molecular complexity index is 737. The molecule has 2 heterocycles. The summed E-state index contributed by atoms with van der Waals surface area (Å²) in [6.07, 6.45) is 1.90. The molecule has 1 aromatic heterocycles. The van der Waals surface area contributed by atoms with E-state index in [1.807, 2.05) is 13.8 Å². The summed E-state index contributed by atoms with van der Waals surface area (Å²) < 4.78 is 1.81. The Morgan fingerprint density at radius 1 is 1.33 bits per heavy atom. The molecule has 6 heteroatoms. The van der Waals surface area contributed by atoms with Gasteiger partial charge in [0.25, 0.3) is 5.91 Å². The Kier molecular flexibility index (Phi) is 4.94. The number of aromatic nitrogens is 3. The molecule has 0 aliphatic carbocycles. The van der Waals surface area contributed by atoms with Crippen LogP contribution >= 0.6 is 0 Å². The summed E-state index contributed by atoms with van der Waals surface area (Å²) in [4.78, 5) is 14.6. The van der Waals surface area contributed by atoms with Crippen molar-refractivity contribution in [2.75, 3.05) is 19.6 Å². The largest absolute Gasteiger partial charge is 0.351 e. The number of nitrogens with zero attached hydrogens (tertiary/aromatic N) is 4. The van der Waals surface area contributed by atoms with Gasteiger partial charge >= 0.3 is 0 Å². The molecule has 24 heavy (non-hydrogen) atoms. The molecule has 0 saturated carbocycles. The molecule has 1 aliphatic rings. The van der Waals surface area contributed by atoms with Crippen molar-refractivity contribution >= 4 is 5.91 Å². The van der Waals surface area contributed by atoms with Crippen molar-refractivity contribution in [1.82, 2.24) is 25.2 Å². The quantitative estimate of drug-likeness (QED) is 0.913. The van der Waals surface area contributed by atoms with Crippen LogP contribution < -0.4 is 5.32 Å². The third-order valence-corrected chi connectivity index (χ3v) is 4.64. The molecule has 0 spiro atoms. The van der Waals surface area contributed by atoms with E-state index < -0.39 is 0 Å². The lowest BCUT2D eigenvalue weighted by molar-refractivity contribution is 0.0948. The first-order chi connectivity index (χ1) is 11.7.